The number of hydrogen-bond donors (Lipinski definition) is 3. The highest BCUT2D eigenvalue weighted by Crippen LogP contribution is 2.32. The van der Waals surface area contributed by atoms with Crippen LogP contribution in [0.4, 0.5) is 5.69 Å². The van der Waals surface area contributed by atoms with Crippen LogP contribution in [0.15, 0.2) is 42.5 Å². The van der Waals surface area contributed by atoms with Crippen molar-refractivity contribution in [3.05, 3.63) is 48.0 Å². The maximum absolute atomic E-state index is 11.1. The Labute approximate surface area is 174 Å². The van der Waals surface area contributed by atoms with Gasteiger partial charge in [0, 0.05) is 35.3 Å². The molecule has 0 fully saturated rings. The van der Waals surface area contributed by atoms with E-state index in [0.717, 1.165) is 39.2 Å². The van der Waals surface area contributed by atoms with E-state index in [4.69, 9.17) is 10.1 Å². The van der Waals surface area contributed by atoms with E-state index in [9.17, 15) is 4.79 Å². The molecular formula is C24H33N3O2. The Morgan fingerprint density at radius 1 is 1.10 bits per heavy atom. The van der Waals surface area contributed by atoms with Crippen molar-refractivity contribution in [2.24, 2.45) is 0 Å². The highest BCUT2D eigenvalue weighted by molar-refractivity contribution is 6.05. The monoisotopic (exact) mass is 395 g/mol. The van der Waals surface area contributed by atoms with E-state index in [0.29, 0.717) is 6.61 Å². The molecule has 1 heterocycles. The lowest BCUT2D eigenvalue weighted by molar-refractivity contribution is -0.114. The van der Waals surface area contributed by atoms with Gasteiger partial charge in [-0.05, 0) is 42.8 Å². The Balaban J connectivity index is 0.000000771. The summed E-state index contributed by atoms with van der Waals surface area (Å²) in [5.41, 5.74) is 4.36. The fourth-order valence-corrected chi connectivity index (χ4v) is 2.75. The van der Waals surface area contributed by atoms with Crippen molar-refractivity contribution in [3.63, 3.8) is 0 Å². The lowest BCUT2D eigenvalue weighted by atomic mass is 10.1. The minimum absolute atomic E-state index is 0. The van der Waals surface area contributed by atoms with E-state index >= 15 is 0 Å². The van der Waals surface area contributed by atoms with Gasteiger partial charge in [0.15, 0.2) is 0 Å². The van der Waals surface area contributed by atoms with Gasteiger partial charge in [-0.15, -0.1) is 0 Å². The van der Waals surface area contributed by atoms with Crippen LogP contribution in [0, 0.1) is 5.41 Å². The van der Waals surface area contributed by atoms with Gasteiger partial charge in [0.2, 0.25) is 5.91 Å². The summed E-state index contributed by atoms with van der Waals surface area (Å²) in [5.74, 6) is 0.691. The summed E-state index contributed by atoms with van der Waals surface area (Å²) in [4.78, 5) is 14.5. The van der Waals surface area contributed by atoms with Gasteiger partial charge in [-0.3, -0.25) is 4.79 Å². The van der Waals surface area contributed by atoms with Gasteiger partial charge in [-0.2, -0.15) is 0 Å². The Hall–Kier alpha value is -3.08. The van der Waals surface area contributed by atoms with E-state index < -0.39 is 0 Å². The summed E-state index contributed by atoms with van der Waals surface area (Å²) in [6.07, 6.45) is 3.99. The second-order valence-corrected chi connectivity index (χ2v) is 6.46. The molecule has 3 N–H and O–H groups in total. The second-order valence-electron chi connectivity index (χ2n) is 6.46. The predicted molar refractivity (Wildman–Crippen MR) is 124 cm³/mol. The lowest BCUT2D eigenvalue weighted by Crippen LogP contribution is -2.05. The van der Waals surface area contributed by atoms with Crippen LogP contribution in [-0.4, -0.2) is 23.7 Å². The van der Waals surface area contributed by atoms with Crippen molar-refractivity contribution in [1.82, 2.24) is 4.98 Å². The van der Waals surface area contributed by atoms with Crippen LogP contribution in [0.5, 0.6) is 5.75 Å². The number of carbonyl (C=O) groups excluding carboxylic acids is 1. The molecule has 0 bridgehead atoms. The molecule has 0 spiro atoms. The number of anilines is 1. The number of rotatable bonds is 6. The van der Waals surface area contributed by atoms with Crippen LogP contribution in [0.1, 0.15) is 53.5 Å². The van der Waals surface area contributed by atoms with Gasteiger partial charge >= 0.3 is 0 Å². The molecule has 156 valence electrons. The third-order valence-corrected chi connectivity index (χ3v) is 4.26. The largest absolute Gasteiger partial charge is 0.494 e. The van der Waals surface area contributed by atoms with E-state index in [1.54, 1.807) is 0 Å². The highest BCUT2D eigenvalue weighted by atomic mass is 16.5. The Kier molecular flexibility index (Phi) is 9.66. The van der Waals surface area contributed by atoms with Crippen molar-refractivity contribution in [2.45, 2.75) is 48.0 Å². The molecule has 5 nitrogen and oxygen atoms in total. The van der Waals surface area contributed by atoms with Gasteiger partial charge in [0.25, 0.3) is 0 Å². The zero-order valence-electron chi connectivity index (χ0n) is 17.1. The number of aromatic amines is 1. The van der Waals surface area contributed by atoms with Gasteiger partial charge in [0.05, 0.1) is 12.3 Å². The van der Waals surface area contributed by atoms with Gasteiger partial charge < -0.3 is 20.4 Å². The molecule has 0 aliphatic carbocycles. The quantitative estimate of drug-likeness (QED) is 0.409. The molecule has 0 radical (unpaired) electrons. The Bertz CT molecular complexity index is 925. The number of H-pyrrole nitrogens is 1. The van der Waals surface area contributed by atoms with Gasteiger partial charge in [0.1, 0.15) is 5.75 Å². The van der Waals surface area contributed by atoms with Crippen LogP contribution in [0.3, 0.4) is 0 Å². The minimum Gasteiger partial charge on any atom is -0.494 e. The molecule has 29 heavy (non-hydrogen) atoms. The number of nitrogens with one attached hydrogen (secondary N) is 3. The topological polar surface area (TPSA) is 78.0 Å². The van der Waals surface area contributed by atoms with E-state index in [-0.39, 0.29) is 13.3 Å². The molecule has 0 aliphatic rings. The number of benzene rings is 2. The van der Waals surface area contributed by atoms with E-state index in [2.05, 4.69) is 24.1 Å². The minimum atomic E-state index is -0.100. The molecule has 0 aliphatic heterocycles. The molecule has 0 saturated carbocycles. The summed E-state index contributed by atoms with van der Waals surface area (Å²) in [6.45, 7) is 8.39. The first kappa shape index (κ1) is 24.0. The first-order valence-corrected chi connectivity index (χ1v) is 9.70. The first-order chi connectivity index (χ1) is 13.5. The maximum Gasteiger partial charge on any atom is 0.221 e. The van der Waals surface area contributed by atoms with Crippen LogP contribution in [-0.2, 0) is 4.79 Å². The van der Waals surface area contributed by atoms with Crippen LogP contribution < -0.4 is 10.1 Å². The van der Waals surface area contributed by atoms with E-state index in [1.807, 2.05) is 49.4 Å². The fourth-order valence-electron chi connectivity index (χ4n) is 2.75. The molecule has 1 amide bonds. The van der Waals surface area contributed by atoms with Crippen LogP contribution >= 0.6 is 0 Å². The second kappa shape index (κ2) is 11.7. The number of aromatic nitrogens is 1. The summed E-state index contributed by atoms with van der Waals surface area (Å²) in [6, 6.07) is 13.4. The molecule has 3 rings (SSSR count). The average molecular weight is 396 g/mol. The van der Waals surface area contributed by atoms with Crippen molar-refractivity contribution < 1.29 is 9.53 Å². The maximum atomic E-state index is 11.1. The average Bonchev–Trinajstić information content (AvgIpc) is 3.06. The van der Waals surface area contributed by atoms with Gasteiger partial charge in [-0.1, -0.05) is 46.2 Å². The summed E-state index contributed by atoms with van der Waals surface area (Å²) in [7, 11) is 0. The number of fused-ring (bicyclic) bond motifs is 1. The lowest BCUT2D eigenvalue weighted by Gasteiger charge is -2.04. The molecule has 2 aromatic carbocycles. The molecule has 3 aromatic rings. The number of carbonyl (C=O) groups is 1. The van der Waals surface area contributed by atoms with Crippen LogP contribution in [0.2, 0.25) is 0 Å². The predicted octanol–water partition coefficient (Wildman–Crippen LogP) is 6.63. The van der Waals surface area contributed by atoms with Crippen molar-refractivity contribution in [3.8, 4) is 17.0 Å². The van der Waals surface area contributed by atoms with Crippen molar-refractivity contribution >= 4 is 28.7 Å². The third kappa shape index (κ3) is 6.21. The fraction of sp³-hybridized carbons (Fsp3) is 0.333. The normalized spacial score (nSPS) is 9.79. The molecule has 0 unspecified atom stereocenters. The molecular weight excluding hydrogens is 362 g/mol. The van der Waals surface area contributed by atoms with E-state index in [1.165, 1.54) is 26.0 Å². The Morgan fingerprint density at radius 3 is 2.28 bits per heavy atom. The number of unbranched alkanes of at least 4 members (excludes halogenated alkanes) is 1. The highest BCUT2D eigenvalue weighted by Gasteiger charge is 2.12. The zero-order chi connectivity index (χ0) is 20.5. The third-order valence-electron chi connectivity index (χ3n) is 4.26. The standard InChI is InChI=1S/C19H19N3O2.C4H10.CH4/c1-3-24-15-8-9-18-16(10-15)17(11-20)19(22-18)13-4-6-14(7-5-13)21-12(2)23;1-3-4-2;/h4-11,20,22H,3H2,1-2H3,(H,21,23);3-4H2,1-2H3;1H4. The molecule has 0 saturated heterocycles. The SMILES string of the molecule is C.CCCC.CCOc1ccc2[nH]c(-c3ccc(NC(C)=O)cc3)c(C=N)c2c1. The summed E-state index contributed by atoms with van der Waals surface area (Å²) in [5, 5.41) is 11.5. The molecule has 0 atom stereocenters. The van der Waals surface area contributed by atoms with Gasteiger partial charge in [-0.25, -0.2) is 0 Å². The number of hydrogen-bond acceptors (Lipinski definition) is 3. The molecule has 1 aromatic heterocycles. The zero-order valence-corrected chi connectivity index (χ0v) is 17.1. The first-order valence-electron chi connectivity index (χ1n) is 9.70. The number of ether oxygens (including phenoxy) is 1. The van der Waals surface area contributed by atoms with Crippen molar-refractivity contribution in [2.75, 3.05) is 11.9 Å². The summed E-state index contributed by atoms with van der Waals surface area (Å²) >= 11 is 0. The van der Waals surface area contributed by atoms with Crippen LogP contribution in [0.25, 0.3) is 22.2 Å². The summed E-state index contributed by atoms with van der Waals surface area (Å²) < 4.78 is 5.55. The van der Waals surface area contributed by atoms with Crippen molar-refractivity contribution in [1.29, 1.82) is 5.41 Å². The Morgan fingerprint density at radius 2 is 1.76 bits per heavy atom. The number of amides is 1. The molecule has 5 heteroatoms. The smallest absolute Gasteiger partial charge is 0.221 e.